The van der Waals surface area contributed by atoms with E-state index in [2.05, 4.69) is 4.72 Å². The smallest absolute Gasteiger partial charge is 0.265 e. The van der Waals surface area contributed by atoms with Crippen LogP contribution in [0.15, 0.2) is 41.3 Å². The number of anilines is 1. The second kappa shape index (κ2) is 5.77. The van der Waals surface area contributed by atoms with Gasteiger partial charge < -0.3 is 4.74 Å². The average Bonchev–Trinajstić information content (AvgIpc) is 2.36. The lowest BCUT2D eigenvalue weighted by Crippen LogP contribution is -2.14. The molecule has 5 heteroatoms. The summed E-state index contributed by atoms with van der Waals surface area (Å²) in [6, 6.07) is 10.6. The molecule has 0 atom stereocenters. The molecular weight excluding hydrogens is 286 g/mol. The molecule has 0 fully saturated rings. The van der Waals surface area contributed by atoms with E-state index in [9.17, 15) is 8.42 Å². The first-order chi connectivity index (χ1) is 9.81. The van der Waals surface area contributed by atoms with Crippen molar-refractivity contribution in [2.24, 2.45) is 0 Å². The lowest BCUT2D eigenvalue weighted by molar-refractivity contribution is 0.402. The highest BCUT2D eigenvalue weighted by atomic mass is 32.2. The van der Waals surface area contributed by atoms with E-state index in [-0.39, 0.29) is 4.90 Å². The van der Waals surface area contributed by atoms with Crippen LogP contribution in [-0.4, -0.2) is 15.5 Å². The van der Waals surface area contributed by atoms with Gasteiger partial charge in [-0.25, -0.2) is 8.42 Å². The van der Waals surface area contributed by atoms with Crippen LogP contribution in [0, 0.1) is 20.8 Å². The van der Waals surface area contributed by atoms with Gasteiger partial charge in [-0.1, -0.05) is 12.1 Å². The second-order valence-corrected chi connectivity index (χ2v) is 6.79. The Morgan fingerprint density at radius 2 is 1.52 bits per heavy atom. The molecule has 2 aromatic carbocycles. The lowest BCUT2D eigenvalue weighted by atomic mass is 10.1. The van der Waals surface area contributed by atoms with Crippen LogP contribution in [0.25, 0.3) is 0 Å². The number of benzene rings is 2. The number of sulfonamides is 1. The van der Waals surface area contributed by atoms with E-state index in [1.165, 1.54) is 7.11 Å². The van der Waals surface area contributed by atoms with Crippen molar-refractivity contribution in [3.05, 3.63) is 53.1 Å². The fourth-order valence-electron chi connectivity index (χ4n) is 2.24. The summed E-state index contributed by atoms with van der Waals surface area (Å²) in [4.78, 5) is 0.134. The summed E-state index contributed by atoms with van der Waals surface area (Å²) in [6.07, 6.45) is 0. The first-order valence-corrected chi connectivity index (χ1v) is 8.06. The van der Waals surface area contributed by atoms with Crippen molar-refractivity contribution < 1.29 is 13.2 Å². The Morgan fingerprint density at radius 1 is 0.905 bits per heavy atom. The molecule has 1 N–H and O–H groups in total. The molecule has 0 saturated heterocycles. The molecule has 0 bridgehead atoms. The highest BCUT2D eigenvalue weighted by Gasteiger charge is 2.19. The summed E-state index contributed by atoms with van der Waals surface area (Å²) in [5.74, 6) is 0.340. The molecule has 2 rings (SSSR count). The second-order valence-electron chi connectivity index (χ2n) is 5.14. The summed E-state index contributed by atoms with van der Waals surface area (Å²) in [5, 5.41) is 0. The topological polar surface area (TPSA) is 55.4 Å². The Bertz CT molecular complexity index is 747. The Hall–Kier alpha value is -2.01. The van der Waals surface area contributed by atoms with Gasteiger partial charge in [0.15, 0.2) is 0 Å². The molecule has 0 aliphatic carbocycles. The number of nitrogens with one attached hydrogen (secondary N) is 1. The largest absolute Gasteiger partial charge is 0.495 e. The van der Waals surface area contributed by atoms with E-state index in [1.54, 1.807) is 30.3 Å². The van der Waals surface area contributed by atoms with Crippen LogP contribution in [-0.2, 0) is 10.0 Å². The van der Waals surface area contributed by atoms with Crippen LogP contribution in [0.4, 0.5) is 5.69 Å². The highest BCUT2D eigenvalue weighted by molar-refractivity contribution is 7.92. The number of ether oxygens (including phenoxy) is 1. The zero-order valence-corrected chi connectivity index (χ0v) is 13.4. The van der Waals surface area contributed by atoms with Crippen LogP contribution in [0.2, 0.25) is 0 Å². The Labute approximate surface area is 125 Å². The van der Waals surface area contributed by atoms with Crippen molar-refractivity contribution in [3.8, 4) is 5.75 Å². The Morgan fingerprint density at radius 3 is 2.10 bits per heavy atom. The van der Waals surface area contributed by atoms with Gasteiger partial charge in [-0.15, -0.1) is 0 Å². The zero-order chi connectivity index (χ0) is 15.6. The third kappa shape index (κ3) is 3.55. The van der Waals surface area contributed by atoms with Crippen LogP contribution in [0.1, 0.15) is 16.7 Å². The minimum atomic E-state index is -3.68. The molecule has 4 nitrogen and oxygen atoms in total. The van der Waals surface area contributed by atoms with E-state index in [1.807, 2.05) is 26.8 Å². The summed E-state index contributed by atoms with van der Waals surface area (Å²) in [7, 11) is -2.22. The molecule has 0 radical (unpaired) electrons. The van der Waals surface area contributed by atoms with Crippen molar-refractivity contribution >= 4 is 15.7 Å². The number of methoxy groups -OCH3 is 1. The minimum Gasteiger partial charge on any atom is -0.495 e. The minimum absolute atomic E-state index is 0.134. The van der Waals surface area contributed by atoms with Crippen molar-refractivity contribution in [2.75, 3.05) is 11.8 Å². The van der Waals surface area contributed by atoms with Crippen LogP contribution in [0.3, 0.4) is 0 Å². The molecule has 0 heterocycles. The molecular formula is C16H19NO3S. The quantitative estimate of drug-likeness (QED) is 0.941. The van der Waals surface area contributed by atoms with Gasteiger partial charge in [-0.2, -0.15) is 0 Å². The number of hydrogen-bond acceptors (Lipinski definition) is 3. The van der Waals surface area contributed by atoms with Crippen molar-refractivity contribution in [2.45, 2.75) is 25.7 Å². The average molecular weight is 305 g/mol. The van der Waals surface area contributed by atoms with E-state index >= 15 is 0 Å². The third-order valence-corrected chi connectivity index (χ3v) is 4.50. The molecule has 0 unspecified atom stereocenters. The first-order valence-electron chi connectivity index (χ1n) is 6.57. The predicted octanol–water partition coefficient (Wildman–Crippen LogP) is 3.42. The van der Waals surface area contributed by atoms with Crippen LogP contribution < -0.4 is 9.46 Å². The molecule has 21 heavy (non-hydrogen) atoms. The first kappa shape index (κ1) is 15.4. The standard InChI is InChI=1S/C16H19NO3S/c1-11-5-6-16(15(10-11)20-4)21(18,19)17-14-8-12(2)7-13(3)9-14/h5-10,17H,1-4H3. The Kier molecular flexibility index (Phi) is 4.23. The van der Waals surface area contributed by atoms with Crippen LogP contribution >= 0.6 is 0 Å². The van der Waals surface area contributed by atoms with Gasteiger partial charge in [-0.3, -0.25) is 4.72 Å². The maximum Gasteiger partial charge on any atom is 0.265 e. The maximum atomic E-state index is 12.5. The van der Waals surface area contributed by atoms with Gasteiger partial charge >= 0.3 is 0 Å². The van der Waals surface area contributed by atoms with Crippen molar-refractivity contribution in [3.63, 3.8) is 0 Å². The molecule has 2 aromatic rings. The molecule has 0 spiro atoms. The molecule has 0 aliphatic heterocycles. The Balaban J connectivity index is 2.43. The lowest BCUT2D eigenvalue weighted by Gasteiger charge is -2.13. The fourth-order valence-corrected chi connectivity index (χ4v) is 3.43. The van der Waals surface area contributed by atoms with Gasteiger partial charge in [0.2, 0.25) is 0 Å². The van der Waals surface area contributed by atoms with Gasteiger partial charge in [0.1, 0.15) is 10.6 Å². The third-order valence-electron chi connectivity index (χ3n) is 3.08. The number of aryl methyl sites for hydroxylation is 3. The molecule has 112 valence electrons. The van der Waals surface area contributed by atoms with Gasteiger partial charge in [-0.05, 0) is 61.7 Å². The van der Waals surface area contributed by atoms with Crippen molar-refractivity contribution in [1.82, 2.24) is 0 Å². The summed E-state index contributed by atoms with van der Waals surface area (Å²) < 4.78 is 32.8. The van der Waals surface area contributed by atoms with E-state index in [0.29, 0.717) is 11.4 Å². The normalized spacial score (nSPS) is 11.2. The summed E-state index contributed by atoms with van der Waals surface area (Å²) in [6.45, 7) is 5.74. The van der Waals surface area contributed by atoms with Crippen LogP contribution in [0.5, 0.6) is 5.75 Å². The summed E-state index contributed by atoms with van der Waals surface area (Å²) in [5.41, 5.74) is 3.50. The van der Waals surface area contributed by atoms with Gasteiger partial charge in [0.05, 0.1) is 7.11 Å². The van der Waals surface area contributed by atoms with E-state index < -0.39 is 10.0 Å². The SMILES string of the molecule is COc1cc(C)ccc1S(=O)(=O)Nc1cc(C)cc(C)c1. The number of rotatable bonds is 4. The number of hydrogen-bond donors (Lipinski definition) is 1. The van der Waals surface area contributed by atoms with E-state index in [0.717, 1.165) is 16.7 Å². The van der Waals surface area contributed by atoms with Gasteiger partial charge in [0, 0.05) is 5.69 Å². The molecule has 0 amide bonds. The van der Waals surface area contributed by atoms with Crippen molar-refractivity contribution in [1.29, 1.82) is 0 Å². The predicted molar refractivity (Wildman–Crippen MR) is 84.5 cm³/mol. The van der Waals surface area contributed by atoms with Gasteiger partial charge in [0.25, 0.3) is 10.0 Å². The maximum absolute atomic E-state index is 12.5. The highest BCUT2D eigenvalue weighted by Crippen LogP contribution is 2.27. The fraction of sp³-hybridized carbons (Fsp3) is 0.250. The van der Waals surface area contributed by atoms with E-state index in [4.69, 9.17) is 4.74 Å². The molecule has 0 aliphatic rings. The molecule has 0 saturated carbocycles. The summed E-state index contributed by atoms with van der Waals surface area (Å²) >= 11 is 0. The molecule has 0 aromatic heterocycles. The zero-order valence-electron chi connectivity index (χ0n) is 12.6. The monoisotopic (exact) mass is 305 g/mol.